The number of aromatic nitrogens is 2. The van der Waals surface area contributed by atoms with Gasteiger partial charge in [0.1, 0.15) is 5.82 Å². The van der Waals surface area contributed by atoms with Gasteiger partial charge in [0.25, 0.3) is 0 Å². The van der Waals surface area contributed by atoms with E-state index in [1.54, 1.807) is 12.1 Å². The second kappa shape index (κ2) is 13.2. The van der Waals surface area contributed by atoms with Crippen LogP contribution in [0.2, 0.25) is 0 Å². The Bertz CT molecular complexity index is 1330. The van der Waals surface area contributed by atoms with Crippen molar-refractivity contribution in [3.8, 4) is 22.6 Å². The zero-order valence-electron chi connectivity index (χ0n) is 22.9. The molecule has 3 aromatic carbocycles. The summed E-state index contributed by atoms with van der Waals surface area (Å²) in [6.45, 7) is 10.0. The van der Waals surface area contributed by atoms with Crippen molar-refractivity contribution in [1.82, 2.24) is 14.5 Å². The van der Waals surface area contributed by atoms with Crippen molar-refractivity contribution < 1.29 is 9.90 Å². The van der Waals surface area contributed by atoms with Crippen LogP contribution in [0.1, 0.15) is 66.7 Å². The quantitative estimate of drug-likeness (QED) is 0.200. The number of carbonyl (C=O) groups is 1. The molecule has 4 rings (SSSR count). The maximum Gasteiger partial charge on any atom is 0.335 e. The molecule has 4 aromatic rings. The Labute approximate surface area is 226 Å². The number of hydrogen-bond donors (Lipinski definition) is 1. The lowest BCUT2D eigenvalue weighted by Crippen LogP contribution is -2.26. The lowest BCUT2D eigenvalue weighted by Gasteiger charge is -2.24. The third kappa shape index (κ3) is 6.59. The third-order valence-electron chi connectivity index (χ3n) is 7.05. The van der Waals surface area contributed by atoms with Gasteiger partial charge in [-0.1, -0.05) is 93.4 Å². The normalized spacial score (nSPS) is 11.3. The predicted octanol–water partition coefficient (Wildman–Crippen LogP) is 7.83. The molecule has 0 spiro atoms. The molecule has 0 aliphatic carbocycles. The first kappa shape index (κ1) is 27.3. The summed E-state index contributed by atoms with van der Waals surface area (Å²) in [5, 5.41) is 9.30. The average molecular weight is 510 g/mol. The van der Waals surface area contributed by atoms with Gasteiger partial charge >= 0.3 is 5.97 Å². The summed E-state index contributed by atoms with van der Waals surface area (Å²) in [6, 6.07) is 26.3. The van der Waals surface area contributed by atoms with Crippen molar-refractivity contribution in [3.05, 3.63) is 101 Å². The molecule has 38 heavy (non-hydrogen) atoms. The predicted molar refractivity (Wildman–Crippen MR) is 155 cm³/mol. The minimum absolute atomic E-state index is 0.320. The first-order chi connectivity index (χ1) is 18.5. The first-order valence-electron chi connectivity index (χ1n) is 13.8. The van der Waals surface area contributed by atoms with Crippen LogP contribution in [0.25, 0.3) is 22.6 Å². The smallest absolute Gasteiger partial charge is 0.335 e. The summed E-state index contributed by atoms with van der Waals surface area (Å²) in [5.41, 5.74) is 7.25. The fourth-order valence-electron chi connectivity index (χ4n) is 4.88. The molecular weight excluding hydrogens is 470 g/mol. The zero-order valence-corrected chi connectivity index (χ0v) is 22.9. The molecule has 0 bridgehead atoms. The SMILES string of the molecule is CCCCN(Cc1ccc(C(=O)O)cc1)Cc1c(-c2ccccc2)nc(-c2ccccc2C)n1CCCC. The summed E-state index contributed by atoms with van der Waals surface area (Å²) >= 11 is 0. The number of aryl methyl sites for hydroxylation is 1. The molecule has 1 N–H and O–H groups in total. The molecule has 0 radical (unpaired) electrons. The lowest BCUT2D eigenvalue weighted by atomic mass is 10.1. The molecule has 0 aliphatic rings. The largest absolute Gasteiger partial charge is 0.478 e. The van der Waals surface area contributed by atoms with E-state index in [-0.39, 0.29) is 0 Å². The highest BCUT2D eigenvalue weighted by Crippen LogP contribution is 2.32. The second-order valence-corrected chi connectivity index (χ2v) is 9.98. The fourth-order valence-corrected chi connectivity index (χ4v) is 4.88. The maximum absolute atomic E-state index is 11.3. The number of nitrogens with zero attached hydrogens (tertiary/aromatic N) is 3. The van der Waals surface area contributed by atoms with E-state index in [2.05, 4.69) is 78.8 Å². The molecule has 0 saturated carbocycles. The van der Waals surface area contributed by atoms with Crippen molar-refractivity contribution >= 4 is 5.97 Å². The van der Waals surface area contributed by atoms with Gasteiger partial charge < -0.3 is 9.67 Å². The van der Waals surface area contributed by atoms with Crippen molar-refractivity contribution in [2.75, 3.05) is 6.54 Å². The summed E-state index contributed by atoms with van der Waals surface area (Å²) in [6.07, 6.45) is 4.41. The van der Waals surface area contributed by atoms with Crippen LogP contribution in [0, 0.1) is 6.92 Å². The van der Waals surface area contributed by atoms with Crippen LogP contribution in [0.3, 0.4) is 0 Å². The Morgan fingerprint density at radius 1 is 0.868 bits per heavy atom. The fraction of sp³-hybridized carbons (Fsp3) is 0.333. The molecule has 0 unspecified atom stereocenters. The van der Waals surface area contributed by atoms with Gasteiger partial charge in [0, 0.05) is 30.8 Å². The Morgan fingerprint density at radius 3 is 2.21 bits per heavy atom. The highest BCUT2D eigenvalue weighted by molar-refractivity contribution is 5.87. The molecule has 0 atom stereocenters. The highest BCUT2D eigenvalue weighted by Gasteiger charge is 2.22. The van der Waals surface area contributed by atoms with E-state index in [0.29, 0.717) is 5.56 Å². The van der Waals surface area contributed by atoms with Gasteiger partial charge in [0.15, 0.2) is 0 Å². The molecule has 0 aliphatic heterocycles. The Hall–Kier alpha value is -3.70. The molecular formula is C33H39N3O2. The minimum Gasteiger partial charge on any atom is -0.478 e. The number of benzene rings is 3. The lowest BCUT2D eigenvalue weighted by molar-refractivity contribution is 0.0697. The number of imidazole rings is 1. The van der Waals surface area contributed by atoms with Gasteiger partial charge in [-0.05, 0) is 49.6 Å². The number of rotatable bonds is 13. The summed E-state index contributed by atoms with van der Waals surface area (Å²) in [7, 11) is 0. The topological polar surface area (TPSA) is 58.4 Å². The Kier molecular flexibility index (Phi) is 9.50. The van der Waals surface area contributed by atoms with Crippen molar-refractivity contribution in [3.63, 3.8) is 0 Å². The van der Waals surface area contributed by atoms with E-state index in [9.17, 15) is 9.90 Å². The average Bonchev–Trinajstić information content (AvgIpc) is 3.29. The molecule has 1 aromatic heterocycles. The molecule has 1 heterocycles. The molecule has 0 amide bonds. The number of unbranched alkanes of at least 4 members (excludes halogenated alkanes) is 2. The van der Waals surface area contributed by atoms with E-state index in [0.717, 1.165) is 74.5 Å². The second-order valence-electron chi connectivity index (χ2n) is 9.98. The number of carboxylic acids is 1. The monoisotopic (exact) mass is 509 g/mol. The van der Waals surface area contributed by atoms with Crippen LogP contribution in [-0.2, 0) is 19.6 Å². The van der Waals surface area contributed by atoms with Crippen LogP contribution in [-0.4, -0.2) is 32.1 Å². The number of hydrogen-bond acceptors (Lipinski definition) is 3. The van der Waals surface area contributed by atoms with Gasteiger partial charge in [0.05, 0.1) is 17.0 Å². The standard InChI is InChI=1S/C33H39N3O2/c1-4-6-21-35(23-26-17-19-28(20-18-26)33(37)38)24-30-31(27-14-9-8-10-15-27)34-32(36(30)22-7-5-2)29-16-12-11-13-25(29)3/h8-20H,4-7,21-24H2,1-3H3,(H,37,38). The first-order valence-corrected chi connectivity index (χ1v) is 13.8. The van der Waals surface area contributed by atoms with Crippen LogP contribution in [0.4, 0.5) is 0 Å². The molecule has 198 valence electrons. The van der Waals surface area contributed by atoms with Gasteiger partial charge in [-0.15, -0.1) is 0 Å². The Balaban J connectivity index is 1.79. The van der Waals surface area contributed by atoms with E-state index in [4.69, 9.17) is 4.98 Å². The van der Waals surface area contributed by atoms with Crippen LogP contribution >= 0.6 is 0 Å². The van der Waals surface area contributed by atoms with E-state index in [1.165, 1.54) is 16.8 Å². The molecule has 5 nitrogen and oxygen atoms in total. The highest BCUT2D eigenvalue weighted by atomic mass is 16.4. The summed E-state index contributed by atoms with van der Waals surface area (Å²) in [4.78, 5) is 19.1. The van der Waals surface area contributed by atoms with Gasteiger partial charge in [-0.25, -0.2) is 9.78 Å². The summed E-state index contributed by atoms with van der Waals surface area (Å²) in [5.74, 6) is 0.141. The number of aromatic carboxylic acids is 1. The van der Waals surface area contributed by atoms with Crippen LogP contribution in [0.5, 0.6) is 0 Å². The molecule has 0 fully saturated rings. The van der Waals surface area contributed by atoms with Crippen LogP contribution < -0.4 is 0 Å². The third-order valence-corrected chi connectivity index (χ3v) is 7.05. The Morgan fingerprint density at radius 2 is 1.55 bits per heavy atom. The van der Waals surface area contributed by atoms with Crippen molar-refractivity contribution in [2.24, 2.45) is 0 Å². The van der Waals surface area contributed by atoms with Gasteiger partial charge in [0.2, 0.25) is 0 Å². The zero-order chi connectivity index (χ0) is 26.9. The molecule has 0 saturated heterocycles. The summed E-state index contributed by atoms with van der Waals surface area (Å²) < 4.78 is 2.45. The van der Waals surface area contributed by atoms with Crippen molar-refractivity contribution in [1.29, 1.82) is 0 Å². The molecule has 5 heteroatoms. The van der Waals surface area contributed by atoms with E-state index < -0.39 is 5.97 Å². The minimum atomic E-state index is -0.893. The van der Waals surface area contributed by atoms with E-state index in [1.807, 2.05) is 18.2 Å². The van der Waals surface area contributed by atoms with Gasteiger partial charge in [-0.3, -0.25) is 4.90 Å². The number of carboxylic acid groups (broad SMARTS) is 1. The maximum atomic E-state index is 11.3. The van der Waals surface area contributed by atoms with Crippen LogP contribution in [0.15, 0.2) is 78.9 Å². The van der Waals surface area contributed by atoms with Gasteiger partial charge in [-0.2, -0.15) is 0 Å². The van der Waals surface area contributed by atoms with E-state index >= 15 is 0 Å². The van der Waals surface area contributed by atoms with Crippen molar-refractivity contribution in [2.45, 2.75) is 66.1 Å².